The van der Waals surface area contributed by atoms with Gasteiger partial charge in [-0.05, 0) is 38.8 Å². The first-order valence-electron chi connectivity index (χ1n) is 6.87. The van der Waals surface area contributed by atoms with E-state index in [1.54, 1.807) is 7.05 Å². The summed E-state index contributed by atoms with van der Waals surface area (Å²) in [7, 11) is 1.65. The molecule has 1 heterocycles. The molecule has 2 rings (SSSR count). The Labute approximate surface area is 130 Å². The molecule has 1 aromatic rings. The maximum absolute atomic E-state index is 13.6. The lowest BCUT2D eigenvalue weighted by Crippen LogP contribution is -2.57. The van der Waals surface area contributed by atoms with Crippen LogP contribution < -0.4 is 5.32 Å². The van der Waals surface area contributed by atoms with Crippen LogP contribution in [0, 0.1) is 11.6 Å². The Morgan fingerprint density at radius 3 is 2.67 bits per heavy atom. The van der Waals surface area contributed by atoms with Crippen LogP contribution in [0.5, 0.6) is 0 Å². The maximum atomic E-state index is 13.6. The summed E-state index contributed by atoms with van der Waals surface area (Å²) in [6.07, 6.45) is 2.86. The molecule has 6 heteroatoms. The fraction of sp³-hybridized carbons (Fsp3) is 0.533. The number of nitrogens with one attached hydrogen (secondary N) is 1. The molecule has 1 amide bonds. The van der Waals surface area contributed by atoms with Crippen LogP contribution in [0.15, 0.2) is 18.2 Å². The van der Waals surface area contributed by atoms with Crippen molar-refractivity contribution in [1.29, 1.82) is 0 Å². The Balaban J connectivity index is 0.00000220. The number of hydrogen-bond donors (Lipinski definition) is 1. The first-order valence-corrected chi connectivity index (χ1v) is 6.87. The van der Waals surface area contributed by atoms with E-state index in [1.165, 1.54) is 17.0 Å². The van der Waals surface area contributed by atoms with E-state index in [0.717, 1.165) is 31.9 Å². The molecule has 21 heavy (non-hydrogen) atoms. The molecule has 3 nitrogen and oxygen atoms in total. The summed E-state index contributed by atoms with van der Waals surface area (Å²) < 4.78 is 26.5. The average Bonchev–Trinajstić information content (AvgIpc) is 2.42. The number of likely N-dealkylation sites (N-methyl/N-ethyl adjacent to an activating group) is 1. The number of carbonyl (C=O) groups is 1. The number of amides is 1. The van der Waals surface area contributed by atoms with E-state index in [9.17, 15) is 13.6 Å². The van der Waals surface area contributed by atoms with Crippen molar-refractivity contribution < 1.29 is 13.6 Å². The molecule has 0 spiro atoms. The van der Waals surface area contributed by atoms with E-state index in [-0.39, 0.29) is 24.9 Å². The molecule has 118 valence electrons. The monoisotopic (exact) mass is 318 g/mol. The predicted octanol–water partition coefficient (Wildman–Crippen LogP) is 2.88. The van der Waals surface area contributed by atoms with Gasteiger partial charge in [0.25, 0.3) is 0 Å². The minimum Gasteiger partial charge on any atom is -0.340 e. The summed E-state index contributed by atoms with van der Waals surface area (Å²) in [6, 6.07) is 3.43. The zero-order valence-corrected chi connectivity index (χ0v) is 13.1. The highest BCUT2D eigenvalue weighted by Gasteiger charge is 2.36. The van der Waals surface area contributed by atoms with E-state index < -0.39 is 17.2 Å². The van der Waals surface area contributed by atoms with Gasteiger partial charge in [-0.25, -0.2) is 8.78 Å². The quantitative estimate of drug-likeness (QED) is 0.929. The van der Waals surface area contributed by atoms with E-state index in [1.807, 2.05) is 6.92 Å². The highest BCUT2D eigenvalue weighted by atomic mass is 35.5. The molecule has 0 bridgehead atoms. The lowest BCUT2D eigenvalue weighted by Gasteiger charge is -2.36. The summed E-state index contributed by atoms with van der Waals surface area (Å²) in [5.41, 5.74) is -0.259. The van der Waals surface area contributed by atoms with Crippen molar-refractivity contribution in [3.8, 4) is 0 Å². The van der Waals surface area contributed by atoms with Gasteiger partial charge in [-0.2, -0.15) is 0 Å². The van der Waals surface area contributed by atoms with E-state index >= 15 is 0 Å². The second-order valence-corrected chi connectivity index (χ2v) is 5.61. The summed E-state index contributed by atoms with van der Waals surface area (Å²) in [6.45, 7) is 2.84. The highest BCUT2D eigenvalue weighted by molar-refractivity contribution is 5.86. The molecule has 1 saturated heterocycles. The van der Waals surface area contributed by atoms with Gasteiger partial charge in [-0.1, -0.05) is 6.07 Å². The van der Waals surface area contributed by atoms with Gasteiger partial charge in [-0.15, -0.1) is 12.4 Å². The van der Waals surface area contributed by atoms with Crippen LogP contribution in [0.25, 0.3) is 0 Å². The second kappa shape index (κ2) is 7.18. The van der Waals surface area contributed by atoms with Crippen molar-refractivity contribution in [2.24, 2.45) is 0 Å². The van der Waals surface area contributed by atoms with Crippen LogP contribution in [-0.2, 0) is 11.3 Å². The van der Waals surface area contributed by atoms with Gasteiger partial charge in [0.15, 0.2) is 0 Å². The first-order chi connectivity index (χ1) is 9.42. The molecule has 1 atom stereocenters. The zero-order chi connectivity index (χ0) is 14.8. The van der Waals surface area contributed by atoms with Gasteiger partial charge in [0.05, 0.1) is 5.54 Å². The van der Waals surface area contributed by atoms with Crippen LogP contribution >= 0.6 is 12.4 Å². The van der Waals surface area contributed by atoms with Crippen LogP contribution in [-0.4, -0.2) is 29.9 Å². The molecule has 1 N–H and O–H groups in total. The fourth-order valence-electron chi connectivity index (χ4n) is 2.64. The Morgan fingerprint density at radius 2 is 2.10 bits per heavy atom. The fourth-order valence-corrected chi connectivity index (χ4v) is 2.64. The minimum atomic E-state index is -0.619. The molecular formula is C15H21ClF2N2O. The van der Waals surface area contributed by atoms with Crippen LogP contribution in [0.1, 0.15) is 31.7 Å². The molecule has 0 saturated carbocycles. The molecule has 1 fully saturated rings. The number of nitrogens with zero attached hydrogens (tertiary/aromatic N) is 1. The van der Waals surface area contributed by atoms with Gasteiger partial charge in [0.1, 0.15) is 11.6 Å². The predicted molar refractivity (Wildman–Crippen MR) is 80.3 cm³/mol. The number of halogens is 3. The SMILES string of the molecule is CN(Cc1ccc(F)cc1F)C(=O)C1(C)CCCCN1.Cl. The number of carbonyl (C=O) groups excluding carboxylic acids is 1. The van der Waals surface area contributed by atoms with Gasteiger partial charge in [0, 0.05) is 25.2 Å². The molecule has 0 radical (unpaired) electrons. The molecule has 1 unspecified atom stereocenters. The molecule has 0 aliphatic carbocycles. The number of benzene rings is 1. The molecule has 1 aliphatic rings. The minimum absolute atomic E-state index is 0. The first kappa shape index (κ1) is 17.9. The van der Waals surface area contributed by atoms with Gasteiger partial charge in [0.2, 0.25) is 5.91 Å². The Hall–Kier alpha value is -1.20. The summed E-state index contributed by atoms with van der Waals surface area (Å²) in [5, 5.41) is 3.24. The molecular weight excluding hydrogens is 298 g/mol. The third-order valence-corrected chi connectivity index (χ3v) is 3.86. The van der Waals surface area contributed by atoms with Gasteiger partial charge >= 0.3 is 0 Å². The standard InChI is InChI=1S/C15H20F2N2O.ClH/c1-15(7-3-4-8-18-15)14(20)19(2)10-11-5-6-12(16)9-13(11)17;/h5-6,9,18H,3-4,7-8,10H2,1-2H3;1H. The molecule has 0 aromatic heterocycles. The van der Waals surface area contributed by atoms with E-state index in [0.29, 0.717) is 5.56 Å². The number of rotatable bonds is 3. The number of hydrogen-bond acceptors (Lipinski definition) is 2. The largest absolute Gasteiger partial charge is 0.340 e. The van der Waals surface area contributed by atoms with Crippen molar-refractivity contribution >= 4 is 18.3 Å². The lowest BCUT2D eigenvalue weighted by atomic mass is 9.89. The van der Waals surface area contributed by atoms with Crippen molar-refractivity contribution in [3.05, 3.63) is 35.4 Å². The third kappa shape index (κ3) is 4.14. The van der Waals surface area contributed by atoms with Crippen molar-refractivity contribution in [2.45, 2.75) is 38.3 Å². The third-order valence-electron chi connectivity index (χ3n) is 3.86. The Kier molecular flexibility index (Phi) is 6.10. The van der Waals surface area contributed by atoms with Crippen LogP contribution in [0.2, 0.25) is 0 Å². The van der Waals surface area contributed by atoms with E-state index in [2.05, 4.69) is 5.32 Å². The topological polar surface area (TPSA) is 32.3 Å². The zero-order valence-electron chi connectivity index (χ0n) is 12.3. The Bertz CT molecular complexity index is 504. The molecule has 1 aromatic carbocycles. The number of piperidine rings is 1. The van der Waals surface area contributed by atoms with Crippen molar-refractivity contribution in [1.82, 2.24) is 10.2 Å². The highest BCUT2D eigenvalue weighted by Crippen LogP contribution is 2.22. The lowest BCUT2D eigenvalue weighted by molar-refractivity contribution is -0.138. The maximum Gasteiger partial charge on any atom is 0.242 e. The smallest absolute Gasteiger partial charge is 0.242 e. The Morgan fingerprint density at radius 1 is 1.38 bits per heavy atom. The summed E-state index contributed by atoms with van der Waals surface area (Å²) >= 11 is 0. The molecule has 1 aliphatic heterocycles. The second-order valence-electron chi connectivity index (χ2n) is 5.61. The van der Waals surface area contributed by atoms with Crippen LogP contribution in [0.3, 0.4) is 0 Å². The van der Waals surface area contributed by atoms with E-state index in [4.69, 9.17) is 0 Å². The van der Waals surface area contributed by atoms with Crippen molar-refractivity contribution in [2.75, 3.05) is 13.6 Å². The van der Waals surface area contributed by atoms with Gasteiger partial charge in [-0.3, -0.25) is 4.79 Å². The summed E-state index contributed by atoms with van der Waals surface area (Å²) in [4.78, 5) is 14.0. The van der Waals surface area contributed by atoms with Gasteiger partial charge < -0.3 is 10.2 Å². The van der Waals surface area contributed by atoms with Crippen LogP contribution in [0.4, 0.5) is 8.78 Å². The van der Waals surface area contributed by atoms with Crippen molar-refractivity contribution in [3.63, 3.8) is 0 Å². The average molecular weight is 319 g/mol. The normalized spacial score (nSPS) is 21.5. The summed E-state index contributed by atoms with van der Waals surface area (Å²) in [5.74, 6) is -1.28.